The number of piperazine rings is 1. The van der Waals surface area contributed by atoms with E-state index in [9.17, 15) is 29.1 Å². The lowest BCUT2D eigenvalue weighted by molar-refractivity contribution is -0.136. The minimum Gasteiger partial charge on any atom is -0.384 e. The summed E-state index contributed by atoms with van der Waals surface area (Å²) in [5.41, 5.74) is 2.81. The lowest BCUT2D eigenvalue weighted by Gasteiger charge is -2.40. The van der Waals surface area contributed by atoms with Gasteiger partial charge in [-0.2, -0.15) is 4.98 Å². The molecule has 0 unspecified atom stereocenters. The van der Waals surface area contributed by atoms with E-state index >= 15 is 0 Å². The zero-order valence-corrected chi connectivity index (χ0v) is 34.8. The van der Waals surface area contributed by atoms with Gasteiger partial charge in [-0.05, 0) is 93.6 Å². The van der Waals surface area contributed by atoms with Crippen molar-refractivity contribution in [1.29, 1.82) is 0 Å². The number of aromatic nitrogens is 5. The van der Waals surface area contributed by atoms with Crippen LogP contribution in [0, 0.1) is 5.92 Å². The number of allylic oxidation sites excluding steroid dienone is 1. The maximum Gasteiger partial charge on any atom is 0.278 e. The fourth-order valence-electron chi connectivity index (χ4n) is 8.96. The molecule has 0 spiro atoms. The fourth-order valence-corrected chi connectivity index (χ4v) is 8.96. The van der Waals surface area contributed by atoms with Crippen LogP contribution < -0.4 is 26.0 Å². The van der Waals surface area contributed by atoms with Crippen LogP contribution in [0.25, 0.3) is 16.9 Å². The SMILES string of the molecule is C=CCn1c(=O)c2cnc(Nc3ccc(N4CCN(CC5CCN(c6ccc7c(c6)C(=O)N([C@H]6CCC(=O)NC6=O)C7=O)CC5)CC4)cc3)nc2n1-c1cccc(C(C)(C)O)n1. The van der Waals surface area contributed by atoms with Gasteiger partial charge in [-0.25, -0.2) is 19.3 Å². The number of fused-ring (bicyclic) bond motifs is 2. The molecule has 9 rings (SSSR count). The predicted octanol–water partition coefficient (Wildman–Crippen LogP) is 3.57. The molecule has 5 aromatic rings. The van der Waals surface area contributed by atoms with Crippen LogP contribution in [0.2, 0.25) is 0 Å². The summed E-state index contributed by atoms with van der Waals surface area (Å²) in [6.45, 7) is 13.8. The maximum absolute atomic E-state index is 13.4. The molecule has 17 heteroatoms. The van der Waals surface area contributed by atoms with Gasteiger partial charge < -0.3 is 20.2 Å². The first-order chi connectivity index (χ1) is 29.9. The number of piperidine rings is 2. The molecule has 7 heterocycles. The molecule has 3 fully saturated rings. The molecule has 4 amide bonds. The molecule has 0 saturated carbocycles. The van der Waals surface area contributed by atoms with Crippen molar-refractivity contribution in [2.24, 2.45) is 5.92 Å². The number of hydrogen-bond donors (Lipinski definition) is 3. The van der Waals surface area contributed by atoms with Crippen LogP contribution in [0.5, 0.6) is 0 Å². The van der Waals surface area contributed by atoms with Crippen LogP contribution in [-0.2, 0) is 21.7 Å². The highest BCUT2D eigenvalue weighted by Gasteiger charge is 2.45. The van der Waals surface area contributed by atoms with Crippen molar-refractivity contribution in [1.82, 2.24) is 39.4 Å². The topological polar surface area (TPSA) is 191 Å². The fraction of sp³-hybridized carbons (Fsp3) is 0.378. The number of benzene rings is 2. The number of pyridine rings is 1. The van der Waals surface area contributed by atoms with Crippen molar-refractivity contribution in [2.45, 2.75) is 57.7 Å². The van der Waals surface area contributed by atoms with E-state index in [1.165, 1.54) is 10.9 Å². The Bertz CT molecular complexity index is 2650. The van der Waals surface area contributed by atoms with Crippen molar-refractivity contribution in [3.63, 3.8) is 0 Å². The van der Waals surface area contributed by atoms with Crippen molar-refractivity contribution in [3.8, 4) is 5.82 Å². The zero-order valence-electron chi connectivity index (χ0n) is 34.8. The predicted molar refractivity (Wildman–Crippen MR) is 233 cm³/mol. The van der Waals surface area contributed by atoms with Crippen LogP contribution in [0.3, 0.4) is 0 Å². The standard InChI is InChI=1S/C45H49N11O6/c1-4-18-54-41(59)34-26-46-44(50-39(34)56(54)37-7-5-6-36(48-37)45(2,3)62)47-29-8-10-30(11-9-29)53-23-21-51(22-24-53)27-28-16-19-52(20-17-28)31-12-13-32-33(25-31)43(61)55(42(32)60)35-14-15-38(57)49-40(35)58/h4-13,25-26,28,35,62H,1,14-24,27H2,2-3H3,(H,46,47,50)(H,49,57,58)/t35-/m0/s1. The summed E-state index contributed by atoms with van der Waals surface area (Å²) in [6.07, 6.45) is 5.40. The molecule has 17 nitrogen and oxygen atoms in total. The van der Waals surface area contributed by atoms with Crippen molar-refractivity contribution >= 4 is 57.7 Å². The molecule has 3 aromatic heterocycles. The first-order valence-electron chi connectivity index (χ1n) is 21.1. The van der Waals surface area contributed by atoms with Crippen LogP contribution in [0.15, 0.2) is 84.3 Å². The van der Waals surface area contributed by atoms with Gasteiger partial charge in [-0.15, -0.1) is 6.58 Å². The second-order valence-electron chi connectivity index (χ2n) is 16.9. The highest BCUT2D eigenvalue weighted by Crippen LogP contribution is 2.33. The van der Waals surface area contributed by atoms with E-state index in [4.69, 9.17) is 4.98 Å². The molecule has 0 bridgehead atoms. The second kappa shape index (κ2) is 16.3. The Hall–Kier alpha value is -6.72. The molecule has 3 saturated heterocycles. The number of carbonyl (C=O) groups is 4. The molecule has 62 heavy (non-hydrogen) atoms. The van der Waals surface area contributed by atoms with Gasteiger partial charge in [0.05, 0.1) is 23.4 Å². The average Bonchev–Trinajstić information content (AvgIpc) is 3.68. The van der Waals surface area contributed by atoms with Gasteiger partial charge in [0.15, 0.2) is 11.5 Å². The molecule has 4 aliphatic heterocycles. The third kappa shape index (κ3) is 7.73. The molecule has 4 aliphatic rings. The highest BCUT2D eigenvalue weighted by atomic mass is 16.3. The number of nitrogens with zero attached hydrogens (tertiary/aromatic N) is 9. The van der Waals surface area contributed by atoms with Crippen molar-refractivity contribution < 1.29 is 24.3 Å². The number of anilines is 4. The Morgan fingerprint density at radius 1 is 0.855 bits per heavy atom. The Balaban J connectivity index is 0.783. The number of imide groups is 2. The van der Waals surface area contributed by atoms with Gasteiger partial charge in [-0.3, -0.25) is 39.1 Å². The Morgan fingerprint density at radius 2 is 1.56 bits per heavy atom. The lowest BCUT2D eigenvalue weighted by Crippen LogP contribution is -2.54. The van der Waals surface area contributed by atoms with Crippen LogP contribution in [0.1, 0.15) is 65.9 Å². The molecule has 3 N–H and O–H groups in total. The molecular formula is C45H49N11O6. The Morgan fingerprint density at radius 3 is 2.27 bits per heavy atom. The summed E-state index contributed by atoms with van der Waals surface area (Å²) >= 11 is 0. The average molecular weight is 840 g/mol. The van der Waals surface area contributed by atoms with E-state index in [1.807, 2.05) is 18.2 Å². The van der Waals surface area contributed by atoms with Crippen LogP contribution in [0.4, 0.5) is 23.0 Å². The summed E-state index contributed by atoms with van der Waals surface area (Å²) in [6, 6.07) is 17.8. The molecule has 2 aromatic carbocycles. The van der Waals surface area contributed by atoms with Crippen molar-refractivity contribution in [2.75, 3.05) is 60.9 Å². The zero-order chi connectivity index (χ0) is 43.3. The maximum atomic E-state index is 13.4. The smallest absolute Gasteiger partial charge is 0.278 e. The Labute approximate surface area is 357 Å². The molecule has 0 radical (unpaired) electrons. The first kappa shape index (κ1) is 40.7. The third-order valence-corrected chi connectivity index (χ3v) is 12.3. The van der Waals surface area contributed by atoms with Gasteiger partial charge in [-0.1, -0.05) is 12.1 Å². The molecular weight excluding hydrogens is 791 g/mol. The van der Waals surface area contributed by atoms with E-state index < -0.39 is 35.3 Å². The molecule has 320 valence electrons. The van der Waals surface area contributed by atoms with Gasteiger partial charge in [0.25, 0.3) is 17.4 Å². The van der Waals surface area contributed by atoms with Crippen molar-refractivity contribution in [3.05, 3.63) is 107 Å². The van der Waals surface area contributed by atoms with Crippen LogP contribution >= 0.6 is 0 Å². The normalized spacial score (nSPS) is 19.0. The number of hydrogen-bond acceptors (Lipinski definition) is 13. The first-order valence-corrected chi connectivity index (χ1v) is 21.1. The van der Waals surface area contributed by atoms with E-state index in [1.54, 1.807) is 54.9 Å². The van der Waals surface area contributed by atoms with Gasteiger partial charge >= 0.3 is 0 Å². The van der Waals surface area contributed by atoms with Gasteiger partial charge in [0, 0.05) is 75.5 Å². The minimum absolute atomic E-state index is 0.0891. The van der Waals surface area contributed by atoms with E-state index in [-0.39, 0.29) is 24.9 Å². The summed E-state index contributed by atoms with van der Waals surface area (Å²) < 4.78 is 3.14. The highest BCUT2D eigenvalue weighted by molar-refractivity contribution is 6.23. The van der Waals surface area contributed by atoms with E-state index in [2.05, 4.69) is 54.0 Å². The number of carbonyl (C=O) groups excluding carboxylic acids is 4. The lowest BCUT2D eigenvalue weighted by atomic mass is 9.95. The number of nitrogens with one attached hydrogen (secondary N) is 2. The number of amides is 4. The Kier molecular flexibility index (Phi) is 10.7. The number of aliphatic hydroxyl groups is 1. The van der Waals surface area contributed by atoms with Gasteiger partial charge in [0.1, 0.15) is 17.0 Å². The third-order valence-electron chi connectivity index (χ3n) is 12.3. The van der Waals surface area contributed by atoms with Gasteiger partial charge in [0.2, 0.25) is 17.8 Å². The van der Waals surface area contributed by atoms with E-state index in [0.717, 1.165) is 80.6 Å². The second-order valence-corrected chi connectivity index (χ2v) is 16.9. The summed E-state index contributed by atoms with van der Waals surface area (Å²) in [5, 5.41) is 16.5. The minimum atomic E-state index is -1.18. The summed E-state index contributed by atoms with van der Waals surface area (Å²) in [7, 11) is 0. The van der Waals surface area contributed by atoms with E-state index in [0.29, 0.717) is 45.5 Å². The largest absolute Gasteiger partial charge is 0.384 e. The van der Waals surface area contributed by atoms with Crippen LogP contribution in [-0.4, -0.2) is 115 Å². The molecule has 0 aliphatic carbocycles. The monoisotopic (exact) mass is 839 g/mol. The number of rotatable bonds is 11. The summed E-state index contributed by atoms with van der Waals surface area (Å²) in [4.78, 5) is 86.1. The summed E-state index contributed by atoms with van der Waals surface area (Å²) in [5.74, 6) is -0.665. The molecule has 1 atom stereocenters. The quantitative estimate of drug-likeness (QED) is 0.129.